The van der Waals surface area contributed by atoms with Crippen LogP contribution in [0.5, 0.6) is 5.75 Å². The highest BCUT2D eigenvalue weighted by Crippen LogP contribution is 2.50. The van der Waals surface area contributed by atoms with Gasteiger partial charge in [-0.25, -0.2) is 0 Å². The van der Waals surface area contributed by atoms with Crippen molar-refractivity contribution in [1.29, 1.82) is 0 Å². The molecule has 0 radical (unpaired) electrons. The monoisotopic (exact) mass is 308 g/mol. The highest BCUT2D eigenvalue weighted by atomic mass is 79.9. The van der Waals surface area contributed by atoms with Crippen LogP contribution in [0.2, 0.25) is 0 Å². The number of rotatable bonds is 1. The van der Waals surface area contributed by atoms with Gasteiger partial charge in [-0.3, -0.25) is 0 Å². The lowest BCUT2D eigenvalue weighted by Gasteiger charge is -2.39. The standard InChI is InChI=1S/C16H21BrO/c1-16(2,3)13-9-15(10-4-5-10)18-14-7-6-11(17)8-12(13)14/h6-8,10,13,15H,4-5,9H2,1-3H3. The third-order valence-electron chi connectivity index (χ3n) is 4.29. The van der Waals surface area contributed by atoms with Crippen LogP contribution >= 0.6 is 15.9 Å². The first-order valence-corrected chi connectivity index (χ1v) is 7.70. The smallest absolute Gasteiger partial charge is 0.123 e. The molecule has 1 fully saturated rings. The van der Waals surface area contributed by atoms with Gasteiger partial charge in [-0.2, -0.15) is 0 Å². The van der Waals surface area contributed by atoms with Crippen LogP contribution in [0.15, 0.2) is 22.7 Å². The number of hydrogen-bond donors (Lipinski definition) is 0. The molecule has 18 heavy (non-hydrogen) atoms. The summed E-state index contributed by atoms with van der Waals surface area (Å²) in [7, 11) is 0. The third kappa shape index (κ3) is 2.32. The Morgan fingerprint density at radius 2 is 1.94 bits per heavy atom. The van der Waals surface area contributed by atoms with Crippen LogP contribution in [0.25, 0.3) is 0 Å². The average Bonchev–Trinajstić information content (AvgIpc) is 3.10. The summed E-state index contributed by atoms with van der Waals surface area (Å²) < 4.78 is 7.37. The number of ether oxygens (including phenoxy) is 1. The summed E-state index contributed by atoms with van der Waals surface area (Å²) in [4.78, 5) is 0. The van der Waals surface area contributed by atoms with E-state index in [0.717, 1.165) is 16.1 Å². The van der Waals surface area contributed by atoms with E-state index in [-0.39, 0.29) is 0 Å². The van der Waals surface area contributed by atoms with Crippen molar-refractivity contribution >= 4 is 15.9 Å². The van der Waals surface area contributed by atoms with E-state index in [9.17, 15) is 0 Å². The highest BCUT2D eigenvalue weighted by Gasteiger charge is 2.42. The largest absolute Gasteiger partial charge is 0.490 e. The maximum atomic E-state index is 6.22. The molecular weight excluding hydrogens is 288 g/mol. The number of halogens is 1. The van der Waals surface area contributed by atoms with Crippen molar-refractivity contribution in [3.63, 3.8) is 0 Å². The lowest BCUT2D eigenvalue weighted by Crippen LogP contribution is -2.33. The quantitative estimate of drug-likeness (QED) is 0.698. The fourth-order valence-corrected chi connectivity index (χ4v) is 3.42. The van der Waals surface area contributed by atoms with Gasteiger partial charge < -0.3 is 4.74 Å². The number of fused-ring (bicyclic) bond motifs is 1. The van der Waals surface area contributed by atoms with Crippen LogP contribution in [-0.2, 0) is 0 Å². The average molecular weight is 309 g/mol. The summed E-state index contributed by atoms with van der Waals surface area (Å²) in [6, 6.07) is 6.47. The fraction of sp³-hybridized carbons (Fsp3) is 0.625. The second-order valence-electron chi connectivity index (χ2n) is 6.83. The molecule has 1 aliphatic heterocycles. The maximum Gasteiger partial charge on any atom is 0.123 e. The molecule has 1 heterocycles. The number of benzene rings is 1. The molecule has 1 aromatic rings. The molecule has 1 nitrogen and oxygen atoms in total. The van der Waals surface area contributed by atoms with Crippen LogP contribution < -0.4 is 4.74 Å². The first-order chi connectivity index (χ1) is 8.45. The minimum atomic E-state index is 0.298. The molecule has 2 aliphatic rings. The molecule has 3 rings (SSSR count). The van der Waals surface area contributed by atoms with Gasteiger partial charge >= 0.3 is 0 Å². The Morgan fingerprint density at radius 1 is 1.22 bits per heavy atom. The van der Waals surface area contributed by atoms with E-state index in [1.165, 1.54) is 24.8 Å². The topological polar surface area (TPSA) is 9.23 Å². The minimum absolute atomic E-state index is 0.298. The van der Waals surface area contributed by atoms with Gasteiger partial charge in [0.1, 0.15) is 11.9 Å². The van der Waals surface area contributed by atoms with Gasteiger partial charge in [-0.15, -0.1) is 0 Å². The second-order valence-corrected chi connectivity index (χ2v) is 7.75. The second kappa shape index (κ2) is 4.26. The maximum absolute atomic E-state index is 6.22. The molecule has 2 unspecified atom stereocenters. The molecule has 1 aliphatic carbocycles. The normalized spacial score (nSPS) is 27.6. The van der Waals surface area contributed by atoms with Crippen LogP contribution in [0.4, 0.5) is 0 Å². The SMILES string of the molecule is CC(C)(C)C1CC(C2CC2)Oc2ccc(Br)cc21. The van der Waals surface area contributed by atoms with Gasteiger partial charge in [0, 0.05) is 4.47 Å². The first kappa shape index (κ1) is 12.5. The van der Waals surface area contributed by atoms with E-state index in [4.69, 9.17) is 4.74 Å². The molecule has 1 aromatic carbocycles. The molecule has 0 amide bonds. The zero-order valence-electron chi connectivity index (χ0n) is 11.4. The molecular formula is C16H21BrO. The molecule has 0 aromatic heterocycles. The first-order valence-electron chi connectivity index (χ1n) is 6.91. The summed E-state index contributed by atoms with van der Waals surface area (Å²) in [5.41, 5.74) is 1.68. The van der Waals surface area contributed by atoms with E-state index < -0.39 is 0 Å². The summed E-state index contributed by atoms with van der Waals surface area (Å²) in [5.74, 6) is 2.53. The Labute approximate surface area is 118 Å². The molecule has 0 N–H and O–H groups in total. The minimum Gasteiger partial charge on any atom is -0.490 e. The third-order valence-corrected chi connectivity index (χ3v) is 4.78. The molecule has 0 spiro atoms. The lowest BCUT2D eigenvalue weighted by atomic mass is 9.72. The zero-order chi connectivity index (χ0) is 12.9. The van der Waals surface area contributed by atoms with Gasteiger partial charge in [-0.1, -0.05) is 36.7 Å². The van der Waals surface area contributed by atoms with Crippen molar-refractivity contribution in [2.24, 2.45) is 11.3 Å². The van der Waals surface area contributed by atoms with Crippen molar-refractivity contribution in [1.82, 2.24) is 0 Å². The van der Waals surface area contributed by atoms with E-state index >= 15 is 0 Å². The van der Waals surface area contributed by atoms with E-state index in [1.54, 1.807) is 0 Å². The van der Waals surface area contributed by atoms with Gasteiger partial charge in [0.25, 0.3) is 0 Å². The number of hydrogen-bond acceptors (Lipinski definition) is 1. The van der Waals surface area contributed by atoms with E-state index in [2.05, 4.69) is 54.9 Å². The highest BCUT2D eigenvalue weighted by molar-refractivity contribution is 9.10. The van der Waals surface area contributed by atoms with Crippen molar-refractivity contribution < 1.29 is 4.74 Å². The van der Waals surface area contributed by atoms with Crippen molar-refractivity contribution in [2.45, 2.75) is 52.1 Å². The van der Waals surface area contributed by atoms with Gasteiger partial charge in [0.05, 0.1) is 0 Å². The predicted octanol–water partition coefficient (Wildman–Crippen LogP) is 5.14. The van der Waals surface area contributed by atoms with Gasteiger partial charge in [0.2, 0.25) is 0 Å². The molecule has 0 saturated heterocycles. The van der Waals surface area contributed by atoms with E-state index in [1.807, 2.05) is 0 Å². The van der Waals surface area contributed by atoms with E-state index in [0.29, 0.717) is 17.4 Å². The lowest BCUT2D eigenvalue weighted by molar-refractivity contribution is 0.107. The van der Waals surface area contributed by atoms with Crippen molar-refractivity contribution in [3.05, 3.63) is 28.2 Å². The van der Waals surface area contributed by atoms with Crippen LogP contribution in [0.3, 0.4) is 0 Å². The van der Waals surface area contributed by atoms with Gasteiger partial charge in [-0.05, 0) is 60.3 Å². The molecule has 98 valence electrons. The summed E-state index contributed by atoms with van der Waals surface area (Å²) in [6.07, 6.45) is 4.33. The molecule has 2 atom stereocenters. The Bertz CT molecular complexity index is 457. The summed E-state index contributed by atoms with van der Waals surface area (Å²) in [6.45, 7) is 7.03. The Morgan fingerprint density at radius 3 is 2.56 bits per heavy atom. The fourth-order valence-electron chi connectivity index (χ4n) is 3.05. The van der Waals surface area contributed by atoms with Crippen LogP contribution in [-0.4, -0.2) is 6.10 Å². The molecule has 0 bridgehead atoms. The molecule has 1 saturated carbocycles. The van der Waals surface area contributed by atoms with Crippen LogP contribution in [0.1, 0.15) is 51.5 Å². The Balaban J connectivity index is 2.00. The summed E-state index contributed by atoms with van der Waals surface area (Å²) >= 11 is 3.59. The molecule has 2 heteroatoms. The summed E-state index contributed by atoms with van der Waals surface area (Å²) in [5, 5.41) is 0. The van der Waals surface area contributed by atoms with Crippen molar-refractivity contribution in [3.8, 4) is 5.75 Å². The Hall–Kier alpha value is -0.500. The van der Waals surface area contributed by atoms with Crippen LogP contribution in [0, 0.1) is 11.3 Å². The Kier molecular flexibility index (Phi) is 2.97. The zero-order valence-corrected chi connectivity index (χ0v) is 13.0. The van der Waals surface area contributed by atoms with Gasteiger partial charge in [0.15, 0.2) is 0 Å². The predicted molar refractivity (Wildman–Crippen MR) is 78.1 cm³/mol. The van der Waals surface area contributed by atoms with Crippen molar-refractivity contribution in [2.75, 3.05) is 0 Å².